The molecular weight excluding hydrogens is 231 g/mol. The van der Waals surface area contributed by atoms with Gasteiger partial charge >= 0.3 is 0 Å². The highest BCUT2D eigenvalue weighted by atomic mass is 19.1. The highest BCUT2D eigenvalue weighted by Gasteiger charge is 2.21. The maximum atomic E-state index is 13.6. The van der Waals surface area contributed by atoms with Gasteiger partial charge in [0.2, 0.25) is 0 Å². The number of hydrogen-bond donors (Lipinski definition) is 1. The molecule has 0 saturated heterocycles. The summed E-state index contributed by atoms with van der Waals surface area (Å²) in [5.74, 6) is -0.582. The number of hydrogen-bond acceptors (Lipinski definition) is 2. The van der Waals surface area contributed by atoms with Crippen LogP contribution in [0, 0.1) is 11.2 Å². The van der Waals surface area contributed by atoms with Crippen LogP contribution >= 0.6 is 0 Å². The minimum Gasteiger partial charge on any atom is -0.385 e. The summed E-state index contributed by atoms with van der Waals surface area (Å²) in [4.78, 5) is 13.9. The van der Waals surface area contributed by atoms with Crippen molar-refractivity contribution in [3.8, 4) is 0 Å². The zero-order valence-electron chi connectivity index (χ0n) is 11.7. The van der Waals surface area contributed by atoms with Crippen LogP contribution < -0.4 is 5.32 Å². The van der Waals surface area contributed by atoms with Crippen molar-refractivity contribution in [2.24, 2.45) is 5.41 Å². The molecule has 0 atom stereocenters. The van der Waals surface area contributed by atoms with E-state index in [0.717, 1.165) is 0 Å². The van der Waals surface area contributed by atoms with E-state index in [2.05, 4.69) is 26.1 Å². The third kappa shape index (κ3) is 3.45. The molecule has 0 aliphatic carbocycles. The van der Waals surface area contributed by atoms with Crippen LogP contribution in [0.25, 0.3) is 0 Å². The van der Waals surface area contributed by atoms with E-state index in [1.807, 2.05) is 0 Å². The van der Waals surface area contributed by atoms with E-state index in [1.54, 1.807) is 31.1 Å². The van der Waals surface area contributed by atoms with Crippen LogP contribution in [0.15, 0.2) is 18.2 Å². The van der Waals surface area contributed by atoms with Crippen molar-refractivity contribution >= 4 is 11.6 Å². The summed E-state index contributed by atoms with van der Waals surface area (Å²) < 4.78 is 13.6. The second-order valence-electron chi connectivity index (χ2n) is 5.63. The van der Waals surface area contributed by atoms with E-state index in [4.69, 9.17) is 0 Å². The lowest BCUT2D eigenvalue weighted by atomic mass is 9.96. The first-order chi connectivity index (χ1) is 8.26. The molecule has 0 fully saturated rings. The van der Waals surface area contributed by atoms with Crippen molar-refractivity contribution in [2.75, 3.05) is 26.0 Å². The molecule has 18 heavy (non-hydrogen) atoms. The Hall–Kier alpha value is -1.58. The van der Waals surface area contributed by atoms with Gasteiger partial charge in [0, 0.05) is 20.6 Å². The minimum absolute atomic E-state index is 0.0114. The minimum atomic E-state index is -0.410. The van der Waals surface area contributed by atoms with E-state index >= 15 is 0 Å². The standard InChI is InChI=1S/C14H21FN2O/c1-14(2,3)9-17(5)13(18)10-7-6-8-11(15)12(10)16-4/h6-8,16H,9H2,1-5H3. The molecule has 1 rings (SSSR count). The van der Waals surface area contributed by atoms with Gasteiger partial charge in [0.25, 0.3) is 5.91 Å². The zero-order chi connectivity index (χ0) is 13.9. The molecule has 0 heterocycles. The first-order valence-corrected chi connectivity index (χ1v) is 5.98. The van der Waals surface area contributed by atoms with E-state index in [0.29, 0.717) is 12.1 Å². The smallest absolute Gasteiger partial charge is 0.255 e. The maximum Gasteiger partial charge on any atom is 0.255 e. The molecule has 4 heteroatoms. The Morgan fingerprint density at radius 2 is 2.00 bits per heavy atom. The summed E-state index contributed by atoms with van der Waals surface area (Å²) in [5.41, 5.74) is 0.630. The number of rotatable bonds is 3. The van der Waals surface area contributed by atoms with Crippen LogP contribution in [0.5, 0.6) is 0 Å². The fraction of sp³-hybridized carbons (Fsp3) is 0.500. The van der Waals surface area contributed by atoms with Crippen molar-refractivity contribution in [2.45, 2.75) is 20.8 Å². The fourth-order valence-electron chi connectivity index (χ4n) is 1.95. The van der Waals surface area contributed by atoms with Crippen molar-refractivity contribution in [3.05, 3.63) is 29.6 Å². The second kappa shape index (κ2) is 5.38. The van der Waals surface area contributed by atoms with Crippen molar-refractivity contribution < 1.29 is 9.18 Å². The van der Waals surface area contributed by atoms with Crippen LogP contribution in [-0.2, 0) is 0 Å². The summed E-state index contributed by atoms with van der Waals surface area (Å²) in [7, 11) is 3.34. The molecule has 0 saturated carbocycles. The molecule has 0 radical (unpaired) electrons. The molecule has 0 aliphatic rings. The quantitative estimate of drug-likeness (QED) is 0.897. The Labute approximate surface area is 108 Å². The molecule has 0 spiro atoms. The average Bonchev–Trinajstić information content (AvgIpc) is 2.25. The number of benzene rings is 1. The first kappa shape index (κ1) is 14.5. The predicted octanol–water partition coefficient (Wildman–Crippen LogP) is 2.99. The van der Waals surface area contributed by atoms with Crippen LogP contribution in [-0.4, -0.2) is 31.4 Å². The van der Waals surface area contributed by atoms with Gasteiger partial charge in [0.1, 0.15) is 5.82 Å². The number of halogens is 1. The molecule has 0 aliphatic heterocycles. The third-order valence-electron chi connectivity index (χ3n) is 2.55. The largest absolute Gasteiger partial charge is 0.385 e. The van der Waals surface area contributed by atoms with E-state index in [1.165, 1.54) is 6.07 Å². The second-order valence-corrected chi connectivity index (χ2v) is 5.63. The Bertz CT molecular complexity index is 438. The van der Waals surface area contributed by atoms with Crippen LogP contribution in [0.4, 0.5) is 10.1 Å². The summed E-state index contributed by atoms with van der Waals surface area (Å²) in [6, 6.07) is 4.52. The molecule has 0 bridgehead atoms. The van der Waals surface area contributed by atoms with Gasteiger partial charge < -0.3 is 10.2 Å². The van der Waals surface area contributed by atoms with Crippen LogP contribution in [0.1, 0.15) is 31.1 Å². The van der Waals surface area contributed by atoms with Crippen molar-refractivity contribution in [1.82, 2.24) is 4.90 Å². The van der Waals surface area contributed by atoms with Gasteiger partial charge in [-0.3, -0.25) is 4.79 Å². The lowest BCUT2D eigenvalue weighted by molar-refractivity contribution is 0.0746. The summed E-state index contributed by atoms with van der Waals surface area (Å²) in [5, 5.41) is 2.74. The molecule has 1 N–H and O–H groups in total. The topological polar surface area (TPSA) is 32.3 Å². The number of amides is 1. The fourth-order valence-corrected chi connectivity index (χ4v) is 1.95. The number of nitrogens with zero attached hydrogens (tertiary/aromatic N) is 1. The molecule has 1 aromatic carbocycles. The highest BCUT2D eigenvalue weighted by molar-refractivity contribution is 5.99. The average molecular weight is 252 g/mol. The van der Waals surface area contributed by atoms with Gasteiger partial charge in [-0.1, -0.05) is 26.8 Å². The van der Waals surface area contributed by atoms with Crippen LogP contribution in [0.2, 0.25) is 0 Å². The number of para-hydroxylation sites is 1. The molecule has 100 valence electrons. The van der Waals surface area contributed by atoms with E-state index in [9.17, 15) is 9.18 Å². The predicted molar refractivity (Wildman–Crippen MR) is 72.4 cm³/mol. The molecule has 1 aromatic rings. The lowest BCUT2D eigenvalue weighted by Crippen LogP contribution is -2.34. The Balaban J connectivity index is 3.01. The Morgan fingerprint density at radius 3 is 2.50 bits per heavy atom. The van der Waals surface area contributed by atoms with Gasteiger partial charge in [0.15, 0.2) is 0 Å². The zero-order valence-corrected chi connectivity index (χ0v) is 11.7. The van der Waals surface area contributed by atoms with Gasteiger partial charge in [-0.05, 0) is 17.5 Å². The van der Waals surface area contributed by atoms with Gasteiger partial charge in [-0.2, -0.15) is 0 Å². The number of nitrogens with one attached hydrogen (secondary N) is 1. The molecule has 0 aromatic heterocycles. The van der Waals surface area contributed by atoms with Crippen LogP contribution in [0.3, 0.4) is 0 Å². The molecular formula is C14H21FN2O. The number of carbonyl (C=O) groups is 1. The van der Waals surface area contributed by atoms with Gasteiger partial charge in [-0.15, -0.1) is 0 Å². The molecule has 1 amide bonds. The third-order valence-corrected chi connectivity index (χ3v) is 2.55. The normalized spacial score (nSPS) is 11.2. The molecule has 3 nitrogen and oxygen atoms in total. The van der Waals surface area contributed by atoms with Crippen molar-refractivity contribution in [3.63, 3.8) is 0 Å². The summed E-state index contributed by atoms with van der Waals surface area (Å²) in [6.45, 7) is 6.79. The number of anilines is 1. The van der Waals surface area contributed by atoms with Gasteiger partial charge in [0.05, 0.1) is 11.3 Å². The highest BCUT2D eigenvalue weighted by Crippen LogP contribution is 2.22. The Morgan fingerprint density at radius 1 is 1.39 bits per heavy atom. The summed E-state index contributed by atoms with van der Waals surface area (Å²) >= 11 is 0. The lowest BCUT2D eigenvalue weighted by Gasteiger charge is -2.27. The SMILES string of the molecule is CNc1c(F)cccc1C(=O)N(C)CC(C)(C)C. The first-order valence-electron chi connectivity index (χ1n) is 5.98. The maximum absolute atomic E-state index is 13.6. The monoisotopic (exact) mass is 252 g/mol. The number of carbonyl (C=O) groups excluding carboxylic acids is 1. The molecule has 0 unspecified atom stereocenters. The van der Waals surface area contributed by atoms with Gasteiger partial charge in [-0.25, -0.2) is 4.39 Å². The Kier molecular flexibility index (Phi) is 4.33. The summed E-state index contributed by atoms with van der Waals surface area (Å²) in [6.07, 6.45) is 0. The van der Waals surface area contributed by atoms with Crippen molar-refractivity contribution in [1.29, 1.82) is 0 Å². The van der Waals surface area contributed by atoms with E-state index < -0.39 is 5.82 Å². The van der Waals surface area contributed by atoms with E-state index in [-0.39, 0.29) is 17.0 Å².